The van der Waals surface area contributed by atoms with E-state index < -0.39 is 23.9 Å². The number of nitrogens with zero attached hydrogens (tertiary/aromatic N) is 3. The number of alkyl halides is 1. The zero-order valence-corrected chi connectivity index (χ0v) is 21.8. The summed E-state index contributed by atoms with van der Waals surface area (Å²) < 4.78 is 40.1. The van der Waals surface area contributed by atoms with Crippen LogP contribution in [0.5, 0.6) is 5.88 Å². The average Bonchev–Trinajstić information content (AvgIpc) is 3.18. The lowest BCUT2D eigenvalue weighted by atomic mass is 9.96. The van der Waals surface area contributed by atoms with E-state index in [0.29, 0.717) is 25.3 Å². The molecule has 36 heavy (non-hydrogen) atoms. The lowest BCUT2D eigenvalue weighted by Gasteiger charge is -2.40. The molecule has 2 aromatic rings. The van der Waals surface area contributed by atoms with Crippen molar-refractivity contribution in [3.63, 3.8) is 0 Å². The summed E-state index contributed by atoms with van der Waals surface area (Å²) in [5, 5.41) is 11.1. The molecule has 1 aromatic carbocycles. The van der Waals surface area contributed by atoms with E-state index in [1.807, 2.05) is 11.8 Å². The highest BCUT2D eigenvalue weighted by Gasteiger charge is 2.43. The first-order valence-corrected chi connectivity index (χ1v) is 12.6. The number of aryl methyl sites for hydroxylation is 1. The molecule has 3 unspecified atom stereocenters. The van der Waals surface area contributed by atoms with Crippen LogP contribution in [0.4, 0.5) is 13.6 Å². The largest absolute Gasteiger partial charge is 0.471 e. The van der Waals surface area contributed by atoms with Crippen LogP contribution in [-0.4, -0.2) is 64.2 Å². The number of nitrogens with one attached hydrogen (secondary N) is 1. The number of ether oxygens (including phenoxy) is 2. The Labute approximate surface area is 215 Å². The molecule has 0 radical (unpaired) electrons. The van der Waals surface area contributed by atoms with Crippen LogP contribution in [0.1, 0.15) is 57.1 Å². The highest BCUT2D eigenvalue weighted by atomic mass is 35.5. The van der Waals surface area contributed by atoms with Crippen molar-refractivity contribution in [2.75, 3.05) is 13.1 Å². The minimum absolute atomic E-state index is 0.0958. The molecule has 1 N–H and O–H groups in total. The number of piperidine rings is 1. The minimum atomic E-state index is -1.11. The normalized spacial score (nSPS) is 27.0. The summed E-state index contributed by atoms with van der Waals surface area (Å²) in [5.74, 6) is 0.185. The van der Waals surface area contributed by atoms with Gasteiger partial charge < -0.3 is 14.8 Å². The van der Waals surface area contributed by atoms with E-state index in [2.05, 4.69) is 15.5 Å². The Hall–Kier alpha value is -2.52. The molecule has 5 atom stereocenters. The number of hydrogen-bond donors (Lipinski definition) is 1. The molecular formula is C26H33ClF2N4O3. The highest BCUT2D eigenvalue weighted by Crippen LogP contribution is 2.40. The zero-order chi connectivity index (χ0) is 26.0. The number of carbonyl (C=O) groups is 1. The van der Waals surface area contributed by atoms with Crippen molar-refractivity contribution >= 4 is 17.7 Å². The van der Waals surface area contributed by atoms with Crippen LogP contribution in [0.2, 0.25) is 5.15 Å². The molecule has 10 heteroatoms. The summed E-state index contributed by atoms with van der Waals surface area (Å²) in [6, 6.07) is 7.62. The topological polar surface area (TPSA) is 76.6 Å². The van der Waals surface area contributed by atoms with Crippen LogP contribution >= 0.6 is 11.6 Å². The molecule has 1 saturated heterocycles. The Morgan fingerprint density at radius 2 is 1.86 bits per heavy atom. The Balaban J connectivity index is 1.54. The van der Waals surface area contributed by atoms with Gasteiger partial charge in [0.15, 0.2) is 5.15 Å². The number of carbonyl (C=O) groups excluding carboxylic acids is 1. The second-order valence-corrected chi connectivity index (χ2v) is 11.1. The predicted octanol–water partition coefficient (Wildman–Crippen LogP) is 5.21. The molecule has 1 aliphatic carbocycles. The minimum Gasteiger partial charge on any atom is -0.471 e. The van der Waals surface area contributed by atoms with Crippen LogP contribution in [-0.2, 0) is 4.74 Å². The fourth-order valence-electron chi connectivity index (χ4n) is 5.12. The summed E-state index contributed by atoms with van der Waals surface area (Å²) in [4.78, 5) is 14.4. The van der Waals surface area contributed by atoms with E-state index in [0.717, 1.165) is 11.1 Å². The van der Waals surface area contributed by atoms with Gasteiger partial charge in [0.05, 0.1) is 0 Å². The maximum absolute atomic E-state index is 14.9. The van der Waals surface area contributed by atoms with Crippen molar-refractivity contribution in [1.82, 2.24) is 20.4 Å². The van der Waals surface area contributed by atoms with Gasteiger partial charge in [-0.2, -0.15) is 0 Å². The van der Waals surface area contributed by atoms with Gasteiger partial charge in [0.25, 0.3) is 0 Å². The van der Waals surface area contributed by atoms with Crippen molar-refractivity contribution in [1.29, 1.82) is 0 Å². The van der Waals surface area contributed by atoms with Gasteiger partial charge in [-0.25, -0.2) is 13.6 Å². The molecule has 1 aromatic heterocycles. The van der Waals surface area contributed by atoms with Crippen LogP contribution < -0.4 is 10.1 Å². The van der Waals surface area contributed by atoms with Gasteiger partial charge in [-0.1, -0.05) is 23.7 Å². The standard InChI is InChI=1S/C26H33ClF2N4O3/c1-15-9-23(27)31-32-24(15)35-22-11-17(16-5-7-18(28)8-6-16)10-21(22)33-13-19(29)12-20(14-33)30-25(34)36-26(2,3)4/h5-9,17,19-22H,10-14H2,1-4H3,(H,30,34)/t17?,19-,20-,21?,22?/m1/s1. The van der Waals surface area contributed by atoms with Gasteiger partial charge in [-0.05, 0) is 70.2 Å². The molecule has 4 rings (SSSR count). The van der Waals surface area contributed by atoms with E-state index >= 15 is 0 Å². The number of hydrogen-bond acceptors (Lipinski definition) is 6. The van der Waals surface area contributed by atoms with Crippen molar-refractivity contribution < 1.29 is 23.0 Å². The molecule has 2 fully saturated rings. The summed E-state index contributed by atoms with van der Waals surface area (Å²) in [5.41, 5.74) is 1.12. The van der Waals surface area contributed by atoms with E-state index in [1.54, 1.807) is 39.0 Å². The van der Waals surface area contributed by atoms with E-state index in [-0.39, 0.29) is 42.0 Å². The van der Waals surface area contributed by atoms with E-state index in [4.69, 9.17) is 21.1 Å². The van der Waals surface area contributed by atoms with Crippen molar-refractivity contribution in [2.24, 2.45) is 0 Å². The number of likely N-dealkylation sites (tertiary alicyclic amines) is 1. The second-order valence-electron chi connectivity index (χ2n) is 10.7. The Morgan fingerprint density at radius 1 is 1.14 bits per heavy atom. The molecule has 1 aliphatic heterocycles. The van der Waals surface area contributed by atoms with Crippen molar-refractivity contribution in [3.8, 4) is 5.88 Å². The highest BCUT2D eigenvalue weighted by molar-refractivity contribution is 6.29. The number of alkyl carbamates (subject to hydrolysis) is 1. The molecule has 2 heterocycles. The quantitative estimate of drug-likeness (QED) is 0.581. The summed E-state index contributed by atoms with van der Waals surface area (Å²) in [7, 11) is 0. The summed E-state index contributed by atoms with van der Waals surface area (Å²) in [6.07, 6.45) is -0.406. The summed E-state index contributed by atoms with van der Waals surface area (Å²) >= 11 is 5.96. The van der Waals surface area contributed by atoms with Crippen LogP contribution in [0.25, 0.3) is 0 Å². The van der Waals surface area contributed by atoms with Crippen LogP contribution in [0.3, 0.4) is 0 Å². The fraction of sp³-hybridized carbons (Fsp3) is 0.577. The number of rotatable bonds is 5. The summed E-state index contributed by atoms with van der Waals surface area (Å²) in [6.45, 7) is 7.90. The lowest BCUT2D eigenvalue weighted by molar-refractivity contribution is 0.0209. The van der Waals surface area contributed by atoms with E-state index in [9.17, 15) is 13.6 Å². The molecule has 0 spiro atoms. The molecule has 1 amide bonds. The van der Waals surface area contributed by atoms with Crippen LogP contribution in [0.15, 0.2) is 30.3 Å². The predicted molar refractivity (Wildman–Crippen MR) is 133 cm³/mol. The Kier molecular flexibility index (Phi) is 7.99. The first-order valence-electron chi connectivity index (χ1n) is 12.3. The van der Waals surface area contributed by atoms with Gasteiger partial charge in [0.2, 0.25) is 5.88 Å². The van der Waals surface area contributed by atoms with E-state index in [1.165, 1.54) is 12.1 Å². The van der Waals surface area contributed by atoms with Gasteiger partial charge in [-0.15, -0.1) is 10.2 Å². The second kappa shape index (κ2) is 10.8. The monoisotopic (exact) mass is 522 g/mol. The van der Waals surface area contributed by atoms with Gasteiger partial charge in [0.1, 0.15) is 23.7 Å². The third kappa shape index (κ3) is 6.82. The first kappa shape index (κ1) is 26.5. The van der Waals surface area contributed by atoms with Crippen LogP contribution in [0, 0.1) is 12.7 Å². The molecule has 7 nitrogen and oxygen atoms in total. The molecule has 2 aliphatic rings. The molecular weight excluding hydrogens is 490 g/mol. The number of halogens is 3. The Morgan fingerprint density at radius 3 is 2.53 bits per heavy atom. The number of amides is 1. The van der Waals surface area contributed by atoms with Crippen molar-refractivity contribution in [2.45, 2.75) is 82.8 Å². The molecule has 1 saturated carbocycles. The SMILES string of the molecule is Cc1cc(Cl)nnc1OC1CC(c2ccc(F)cc2)CC1N1C[C@H](F)C[C@@H](NC(=O)OC(C)(C)C)C1. The zero-order valence-electron chi connectivity index (χ0n) is 21.0. The van der Waals surface area contributed by atoms with Gasteiger partial charge in [0, 0.05) is 37.2 Å². The third-order valence-electron chi connectivity index (χ3n) is 6.60. The number of benzene rings is 1. The third-order valence-corrected chi connectivity index (χ3v) is 6.79. The average molecular weight is 523 g/mol. The maximum Gasteiger partial charge on any atom is 0.407 e. The molecule has 196 valence electrons. The Bertz CT molecular complexity index is 1070. The van der Waals surface area contributed by atoms with Gasteiger partial charge in [-0.3, -0.25) is 4.90 Å². The lowest BCUT2D eigenvalue weighted by Crippen LogP contribution is -2.57. The number of aromatic nitrogens is 2. The van der Waals surface area contributed by atoms with Crippen molar-refractivity contribution in [3.05, 3.63) is 52.4 Å². The first-order chi connectivity index (χ1) is 17.0. The maximum atomic E-state index is 14.9. The van der Waals surface area contributed by atoms with Gasteiger partial charge >= 0.3 is 6.09 Å². The smallest absolute Gasteiger partial charge is 0.407 e. The fourth-order valence-corrected chi connectivity index (χ4v) is 5.32. The molecule has 0 bridgehead atoms.